The summed E-state index contributed by atoms with van der Waals surface area (Å²) in [5.74, 6) is 0.699. The van der Waals surface area contributed by atoms with Gasteiger partial charge >= 0.3 is 6.15 Å². The van der Waals surface area contributed by atoms with Gasteiger partial charge in [0.25, 0.3) is 0 Å². The van der Waals surface area contributed by atoms with Crippen LogP contribution >= 0.6 is 0 Å². The van der Waals surface area contributed by atoms with E-state index in [1.165, 1.54) is 0 Å². The van der Waals surface area contributed by atoms with Crippen LogP contribution in [0.15, 0.2) is 24.3 Å². The van der Waals surface area contributed by atoms with Gasteiger partial charge in [-0.25, -0.2) is 0 Å². The number of nitrogens with one attached hydrogen (secondary N) is 1. The zero-order chi connectivity index (χ0) is 22.6. The number of carbonyl (C=O) groups is 1. The van der Waals surface area contributed by atoms with Crippen molar-refractivity contribution in [1.82, 2.24) is 10.3 Å². The number of benzene rings is 1. The van der Waals surface area contributed by atoms with Crippen molar-refractivity contribution in [2.24, 2.45) is 0 Å². The summed E-state index contributed by atoms with van der Waals surface area (Å²) in [6.45, 7) is 2.92. The molecule has 0 bridgehead atoms. The van der Waals surface area contributed by atoms with E-state index < -0.39 is 0 Å². The van der Waals surface area contributed by atoms with Gasteiger partial charge in [-0.15, -0.1) is 0 Å². The number of pyridine rings is 1. The Bertz CT molecular complexity index is 890. The minimum Gasteiger partial charge on any atom is -0.490 e. The third-order valence-electron chi connectivity index (χ3n) is 4.95. The van der Waals surface area contributed by atoms with Crippen molar-refractivity contribution in [3.63, 3.8) is 0 Å². The Balaban J connectivity index is 0.00000107. The number of nitrogens with two attached hydrogens (primary N) is 1. The number of methoxy groups -OCH3 is 1. The molecule has 0 aliphatic heterocycles. The molecule has 1 aliphatic carbocycles. The number of nitrogen functional groups attached to an aromatic ring is 1. The van der Waals surface area contributed by atoms with Gasteiger partial charge in [0.1, 0.15) is 12.4 Å². The lowest BCUT2D eigenvalue weighted by Crippen LogP contribution is -2.41. The average Bonchev–Trinajstić information content (AvgIpc) is 2.73. The highest BCUT2D eigenvalue weighted by atomic mass is 16.5. The summed E-state index contributed by atoms with van der Waals surface area (Å²) >= 11 is 0. The Kier molecular flexibility index (Phi) is 9.90. The van der Waals surface area contributed by atoms with Crippen LogP contribution in [0, 0.1) is 6.92 Å². The fourth-order valence-electron chi connectivity index (χ4n) is 3.60. The highest BCUT2D eigenvalue weighted by molar-refractivity contribution is 5.95. The SMILES string of the molecule is COCCOCC(=O)NC1CCC(Oc2cccc3nc(C)cc(N)c23)CC1.O=C=O. The van der Waals surface area contributed by atoms with E-state index in [1.807, 2.05) is 31.2 Å². The van der Waals surface area contributed by atoms with Crippen molar-refractivity contribution in [3.8, 4) is 5.75 Å². The van der Waals surface area contributed by atoms with Crippen molar-refractivity contribution in [1.29, 1.82) is 0 Å². The molecule has 1 heterocycles. The Labute approximate surface area is 181 Å². The van der Waals surface area contributed by atoms with Crippen LogP contribution in [0.5, 0.6) is 5.75 Å². The summed E-state index contributed by atoms with van der Waals surface area (Å²) in [5.41, 5.74) is 8.64. The Hall–Kier alpha value is -3.00. The number of nitrogens with zero attached hydrogens (tertiary/aromatic N) is 1. The average molecular weight is 431 g/mol. The summed E-state index contributed by atoms with van der Waals surface area (Å²) < 4.78 is 16.4. The first-order valence-corrected chi connectivity index (χ1v) is 10.2. The van der Waals surface area contributed by atoms with E-state index in [4.69, 9.17) is 29.5 Å². The van der Waals surface area contributed by atoms with Gasteiger partial charge in [0.15, 0.2) is 0 Å². The standard InChI is InChI=1S/C21H29N3O4.CO2/c1-14-12-17(22)21-18(23-14)4-3-5-19(21)28-16-8-6-15(7-9-16)24-20(25)13-27-11-10-26-2;2-1-3/h3-5,12,15-16H,6-11,13H2,1-2H3,(H2,22,23)(H,24,25);. The molecule has 3 rings (SSSR count). The number of fused-ring (bicyclic) bond motifs is 1. The first kappa shape index (κ1) is 24.3. The Morgan fingerprint density at radius 3 is 2.61 bits per heavy atom. The second-order valence-corrected chi connectivity index (χ2v) is 7.29. The molecule has 31 heavy (non-hydrogen) atoms. The van der Waals surface area contributed by atoms with Gasteiger partial charge in [-0.1, -0.05) is 6.07 Å². The van der Waals surface area contributed by atoms with E-state index in [0.29, 0.717) is 18.9 Å². The molecule has 1 aromatic heterocycles. The lowest BCUT2D eigenvalue weighted by molar-refractivity contribution is -0.191. The summed E-state index contributed by atoms with van der Waals surface area (Å²) in [6.07, 6.45) is 3.88. The third kappa shape index (κ3) is 7.64. The number of hydrogen-bond donors (Lipinski definition) is 2. The Morgan fingerprint density at radius 1 is 1.23 bits per heavy atom. The van der Waals surface area contributed by atoms with Crippen LogP contribution in [-0.2, 0) is 23.9 Å². The molecule has 0 unspecified atom stereocenters. The predicted octanol–water partition coefficient (Wildman–Crippen LogP) is 2.01. The van der Waals surface area contributed by atoms with Crippen LogP contribution in [0.4, 0.5) is 5.69 Å². The van der Waals surface area contributed by atoms with Crippen LogP contribution in [0.3, 0.4) is 0 Å². The van der Waals surface area contributed by atoms with Crippen LogP contribution in [-0.4, -0.2) is 56.1 Å². The zero-order valence-electron chi connectivity index (χ0n) is 17.9. The molecular formula is C22H29N3O6. The lowest BCUT2D eigenvalue weighted by atomic mass is 9.93. The largest absolute Gasteiger partial charge is 0.490 e. The third-order valence-corrected chi connectivity index (χ3v) is 4.95. The first-order valence-electron chi connectivity index (χ1n) is 10.2. The molecule has 1 fully saturated rings. The fourth-order valence-corrected chi connectivity index (χ4v) is 3.60. The maximum absolute atomic E-state index is 11.9. The molecule has 168 valence electrons. The predicted molar refractivity (Wildman–Crippen MR) is 113 cm³/mol. The normalized spacial score (nSPS) is 17.9. The number of aromatic nitrogens is 1. The number of carbonyl (C=O) groups excluding carboxylic acids is 3. The number of hydrogen-bond acceptors (Lipinski definition) is 8. The van der Waals surface area contributed by atoms with Crippen LogP contribution in [0.2, 0.25) is 0 Å². The second kappa shape index (κ2) is 12.6. The van der Waals surface area contributed by atoms with Crippen molar-refractivity contribution in [2.45, 2.75) is 44.8 Å². The minimum atomic E-state index is -0.0799. The van der Waals surface area contributed by atoms with Crippen LogP contribution < -0.4 is 15.8 Å². The summed E-state index contributed by atoms with van der Waals surface area (Å²) in [5, 5.41) is 3.91. The molecule has 3 N–H and O–H groups in total. The number of amides is 1. The number of anilines is 1. The van der Waals surface area contributed by atoms with Crippen molar-refractivity contribution >= 4 is 28.6 Å². The van der Waals surface area contributed by atoms with Crippen LogP contribution in [0.25, 0.3) is 10.9 Å². The van der Waals surface area contributed by atoms with E-state index >= 15 is 0 Å². The van der Waals surface area contributed by atoms with Gasteiger partial charge in [-0.2, -0.15) is 9.59 Å². The minimum absolute atomic E-state index is 0.0709. The van der Waals surface area contributed by atoms with E-state index in [2.05, 4.69) is 10.3 Å². The van der Waals surface area contributed by atoms with E-state index in [1.54, 1.807) is 7.11 Å². The van der Waals surface area contributed by atoms with Gasteiger partial charge < -0.3 is 25.3 Å². The number of rotatable bonds is 8. The first-order chi connectivity index (χ1) is 15.0. The molecule has 9 nitrogen and oxygen atoms in total. The van der Waals surface area contributed by atoms with Gasteiger partial charge in [0.2, 0.25) is 5.91 Å². The molecule has 1 saturated carbocycles. The van der Waals surface area contributed by atoms with Crippen LogP contribution in [0.1, 0.15) is 31.4 Å². The molecule has 9 heteroatoms. The summed E-state index contributed by atoms with van der Waals surface area (Å²) in [7, 11) is 1.61. The second-order valence-electron chi connectivity index (χ2n) is 7.29. The van der Waals surface area contributed by atoms with Gasteiger partial charge in [0.05, 0.1) is 30.2 Å². The molecule has 0 spiro atoms. The van der Waals surface area contributed by atoms with E-state index in [0.717, 1.165) is 48.0 Å². The monoisotopic (exact) mass is 431 g/mol. The summed E-state index contributed by atoms with van der Waals surface area (Å²) in [4.78, 5) is 32.7. The van der Waals surface area contributed by atoms with E-state index in [-0.39, 0.29) is 30.8 Å². The number of aryl methyl sites for hydroxylation is 1. The quantitative estimate of drug-likeness (QED) is 0.607. The highest BCUT2D eigenvalue weighted by Crippen LogP contribution is 2.33. The van der Waals surface area contributed by atoms with Crippen molar-refractivity contribution in [3.05, 3.63) is 30.0 Å². The molecule has 0 saturated heterocycles. The molecule has 1 aromatic carbocycles. The maximum atomic E-state index is 11.9. The molecule has 1 aliphatic rings. The molecule has 0 atom stereocenters. The molecular weight excluding hydrogens is 402 g/mol. The molecule has 2 aromatic rings. The smallest absolute Gasteiger partial charge is 0.373 e. The van der Waals surface area contributed by atoms with Gasteiger partial charge in [-0.3, -0.25) is 9.78 Å². The molecule has 1 amide bonds. The number of ether oxygens (including phenoxy) is 3. The summed E-state index contributed by atoms with van der Waals surface area (Å²) in [6, 6.07) is 7.88. The highest BCUT2D eigenvalue weighted by Gasteiger charge is 2.24. The topological polar surface area (TPSA) is 130 Å². The maximum Gasteiger partial charge on any atom is 0.373 e. The van der Waals surface area contributed by atoms with Crippen molar-refractivity contribution < 1.29 is 28.6 Å². The van der Waals surface area contributed by atoms with Gasteiger partial charge in [-0.05, 0) is 50.8 Å². The van der Waals surface area contributed by atoms with Crippen molar-refractivity contribution in [2.75, 3.05) is 32.7 Å². The van der Waals surface area contributed by atoms with Gasteiger partial charge in [0, 0.05) is 24.5 Å². The lowest BCUT2D eigenvalue weighted by Gasteiger charge is -2.30. The zero-order valence-corrected chi connectivity index (χ0v) is 17.9. The Morgan fingerprint density at radius 2 is 1.94 bits per heavy atom. The van der Waals surface area contributed by atoms with E-state index in [9.17, 15) is 4.79 Å². The molecule has 0 radical (unpaired) electrons. The fraction of sp³-hybridized carbons (Fsp3) is 0.500.